The Morgan fingerprint density at radius 2 is 0.909 bits per heavy atom. The molecular formula is C64H45NO. The van der Waals surface area contributed by atoms with Crippen molar-refractivity contribution in [2.24, 2.45) is 0 Å². The molecular weight excluding hydrogens is 799 g/mol. The monoisotopic (exact) mass is 843 g/mol. The van der Waals surface area contributed by atoms with Crippen LogP contribution in [0.4, 0.5) is 17.1 Å². The van der Waals surface area contributed by atoms with Crippen molar-refractivity contribution in [1.29, 1.82) is 0 Å². The fourth-order valence-electron chi connectivity index (χ4n) is 12.4. The lowest BCUT2D eigenvalue weighted by molar-refractivity contribution is 0.570. The molecule has 0 amide bonds. The van der Waals surface area contributed by atoms with Gasteiger partial charge in [0.25, 0.3) is 0 Å². The first-order valence-electron chi connectivity index (χ1n) is 23.4. The third kappa shape index (κ3) is 5.13. The summed E-state index contributed by atoms with van der Waals surface area (Å²) in [6, 6.07) is 77.3. The van der Waals surface area contributed by atoms with E-state index >= 15 is 0 Å². The average molecular weight is 844 g/mol. The summed E-state index contributed by atoms with van der Waals surface area (Å²) in [5.41, 5.74) is 24.6. The van der Waals surface area contributed by atoms with Gasteiger partial charge in [-0.25, -0.2) is 0 Å². The molecule has 1 heterocycles. The summed E-state index contributed by atoms with van der Waals surface area (Å²) in [6.45, 7) is 4.75. The number of anilines is 3. The zero-order valence-corrected chi connectivity index (χ0v) is 36.9. The van der Waals surface area contributed by atoms with Gasteiger partial charge in [-0.2, -0.15) is 0 Å². The summed E-state index contributed by atoms with van der Waals surface area (Å²) in [5, 5.41) is 2.40. The molecule has 4 aliphatic carbocycles. The minimum atomic E-state index is -0.430. The van der Waals surface area contributed by atoms with Crippen molar-refractivity contribution in [3.63, 3.8) is 0 Å². The van der Waals surface area contributed by atoms with Crippen molar-refractivity contribution in [3.8, 4) is 44.5 Å². The minimum absolute atomic E-state index is 0.132. The summed E-state index contributed by atoms with van der Waals surface area (Å²) in [6.07, 6.45) is 5.57. The number of furan rings is 1. The van der Waals surface area contributed by atoms with Crippen LogP contribution in [0.1, 0.15) is 65.1 Å². The molecule has 0 aliphatic heterocycles. The Morgan fingerprint density at radius 1 is 0.439 bits per heavy atom. The summed E-state index contributed by atoms with van der Waals surface area (Å²) in [7, 11) is 0. The minimum Gasteiger partial charge on any atom is -0.456 e. The molecule has 4 aliphatic rings. The quantitative estimate of drug-likeness (QED) is 0.172. The number of nitrogens with zero attached hydrogens (tertiary/aromatic N) is 1. The molecule has 0 bridgehead atoms. The van der Waals surface area contributed by atoms with Crippen molar-refractivity contribution in [2.75, 3.05) is 4.90 Å². The topological polar surface area (TPSA) is 16.4 Å². The standard InChI is InChI=1S/C64H45NO/c1-63(2)55-18-8-3-13-47(55)51-34-32-45(38-59(51)63)65(44-30-27-41(28-31-44)40-23-25-42(26-24-40)43-29-36-62-54(37-43)53-17-7-12-22-61(53)66-62)46-33-35-52-50-16-6-11-21-58(50)64(60(52)39-46)56-19-9-4-14-48(56)49-15-5-10-20-57(49)64/h3-28,30-39,43H,29H2,1-2H3. The molecule has 312 valence electrons. The lowest BCUT2D eigenvalue weighted by Crippen LogP contribution is -2.26. The molecule has 0 saturated carbocycles. The third-order valence-corrected chi connectivity index (χ3v) is 15.4. The molecule has 1 aromatic heterocycles. The van der Waals surface area contributed by atoms with Crippen molar-refractivity contribution in [2.45, 2.75) is 37.0 Å². The van der Waals surface area contributed by atoms with E-state index in [9.17, 15) is 0 Å². The molecule has 1 unspecified atom stereocenters. The van der Waals surface area contributed by atoms with Crippen LogP contribution in [0.15, 0.2) is 211 Å². The third-order valence-electron chi connectivity index (χ3n) is 15.4. The van der Waals surface area contributed by atoms with E-state index < -0.39 is 5.41 Å². The predicted octanol–water partition coefficient (Wildman–Crippen LogP) is 15.0. The number of rotatable bonds is 5. The lowest BCUT2D eigenvalue weighted by Gasteiger charge is -2.32. The van der Waals surface area contributed by atoms with Crippen LogP contribution >= 0.6 is 0 Å². The van der Waals surface area contributed by atoms with Gasteiger partial charge in [0.05, 0.1) is 5.41 Å². The molecule has 9 aromatic carbocycles. The molecule has 1 atom stereocenters. The van der Waals surface area contributed by atoms with E-state index in [1.165, 1.54) is 94.1 Å². The van der Waals surface area contributed by atoms with Crippen LogP contribution in [-0.4, -0.2) is 0 Å². The average Bonchev–Trinajstić information content (AvgIpc) is 4.06. The normalized spacial score (nSPS) is 16.0. The first-order chi connectivity index (χ1) is 32.5. The molecule has 1 spiro atoms. The van der Waals surface area contributed by atoms with Crippen LogP contribution in [0.5, 0.6) is 0 Å². The fraction of sp³-hybridized carbons (Fsp3) is 0.0938. The predicted molar refractivity (Wildman–Crippen MR) is 272 cm³/mol. The molecule has 2 nitrogen and oxygen atoms in total. The fourth-order valence-corrected chi connectivity index (χ4v) is 12.4. The zero-order valence-electron chi connectivity index (χ0n) is 36.9. The molecule has 0 fully saturated rings. The Kier molecular flexibility index (Phi) is 7.82. The van der Waals surface area contributed by atoms with Crippen LogP contribution in [0.25, 0.3) is 67.6 Å². The van der Waals surface area contributed by atoms with E-state index in [2.05, 4.69) is 231 Å². The van der Waals surface area contributed by atoms with Gasteiger partial charge < -0.3 is 9.32 Å². The van der Waals surface area contributed by atoms with Crippen molar-refractivity contribution >= 4 is 40.2 Å². The van der Waals surface area contributed by atoms with Gasteiger partial charge in [0, 0.05) is 39.0 Å². The maximum absolute atomic E-state index is 6.17. The van der Waals surface area contributed by atoms with Gasteiger partial charge in [0.15, 0.2) is 0 Å². The zero-order chi connectivity index (χ0) is 43.7. The maximum Gasteiger partial charge on any atom is 0.135 e. The number of benzene rings is 9. The van der Waals surface area contributed by atoms with E-state index in [-0.39, 0.29) is 5.41 Å². The highest BCUT2D eigenvalue weighted by molar-refractivity contribution is 5.97. The lowest BCUT2D eigenvalue weighted by atomic mass is 9.70. The summed E-state index contributed by atoms with van der Waals surface area (Å²) in [4.78, 5) is 2.49. The number of para-hydroxylation sites is 1. The molecule has 10 aromatic rings. The van der Waals surface area contributed by atoms with Gasteiger partial charge in [-0.3, -0.25) is 0 Å². The van der Waals surface area contributed by atoms with Crippen LogP contribution in [0, 0.1) is 0 Å². The van der Waals surface area contributed by atoms with Crippen LogP contribution < -0.4 is 15.5 Å². The first kappa shape index (κ1) is 37.4. The van der Waals surface area contributed by atoms with E-state index in [0.29, 0.717) is 5.92 Å². The second-order valence-corrected chi connectivity index (χ2v) is 19.1. The van der Waals surface area contributed by atoms with Crippen molar-refractivity contribution in [1.82, 2.24) is 0 Å². The molecule has 0 radical (unpaired) electrons. The Labute approximate surface area is 385 Å². The Bertz CT molecular complexity index is 3710. The van der Waals surface area contributed by atoms with Crippen molar-refractivity contribution in [3.05, 3.63) is 256 Å². The molecule has 0 N–H and O–H groups in total. The van der Waals surface area contributed by atoms with Gasteiger partial charge in [0.2, 0.25) is 0 Å². The molecule has 66 heavy (non-hydrogen) atoms. The Hall–Kier alpha value is -7.94. The van der Waals surface area contributed by atoms with E-state index in [1.807, 2.05) is 6.07 Å². The van der Waals surface area contributed by atoms with E-state index in [0.717, 1.165) is 34.5 Å². The highest BCUT2D eigenvalue weighted by atomic mass is 16.3. The summed E-state index contributed by atoms with van der Waals surface area (Å²) >= 11 is 0. The number of hydrogen-bond donors (Lipinski definition) is 0. The largest absolute Gasteiger partial charge is 0.456 e. The Balaban J connectivity index is 0.896. The van der Waals surface area contributed by atoms with Crippen LogP contribution in [0.2, 0.25) is 0 Å². The first-order valence-corrected chi connectivity index (χ1v) is 23.4. The van der Waals surface area contributed by atoms with Gasteiger partial charge >= 0.3 is 0 Å². The number of fused-ring (bicyclic) bond motifs is 16. The summed E-state index contributed by atoms with van der Waals surface area (Å²) < 4.78 is 6.17. The highest BCUT2D eigenvalue weighted by Crippen LogP contribution is 2.63. The van der Waals surface area contributed by atoms with Gasteiger partial charge in [-0.15, -0.1) is 0 Å². The van der Waals surface area contributed by atoms with Gasteiger partial charge in [-0.1, -0.05) is 184 Å². The van der Waals surface area contributed by atoms with Crippen LogP contribution in [-0.2, 0) is 10.8 Å². The molecule has 14 rings (SSSR count). The maximum atomic E-state index is 6.17. The molecule has 0 saturated heterocycles. The second kappa shape index (κ2) is 13.8. The van der Waals surface area contributed by atoms with E-state index in [4.69, 9.17) is 4.42 Å². The number of hydrogen-bond acceptors (Lipinski definition) is 2. The van der Waals surface area contributed by atoms with Crippen molar-refractivity contribution < 1.29 is 4.42 Å². The van der Waals surface area contributed by atoms with E-state index in [1.54, 1.807) is 0 Å². The summed E-state index contributed by atoms with van der Waals surface area (Å²) in [5.74, 6) is 0.305. The second-order valence-electron chi connectivity index (χ2n) is 19.1. The SMILES string of the molecule is CC1(C)c2ccccc2-c2ccc(N(c3ccc(-c4ccc(C5C=c6c(oc7ccccc67)=CC5)cc4)cc3)c3ccc4c(c3)C3(c5ccccc5-c5ccccc53)c3ccccc3-4)cc21. The van der Waals surface area contributed by atoms with Gasteiger partial charge in [-0.05, 0) is 138 Å². The molecule has 2 heteroatoms. The van der Waals surface area contributed by atoms with Gasteiger partial charge in [0.1, 0.15) is 11.0 Å². The smallest absolute Gasteiger partial charge is 0.135 e. The Morgan fingerprint density at radius 3 is 1.53 bits per heavy atom. The highest BCUT2D eigenvalue weighted by Gasteiger charge is 2.51. The van der Waals surface area contributed by atoms with Crippen LogP contribution in [0.3, 0.4) is 0 Å².